The van der Waals surface area contributed by atoms with Crippen molar-refractivity contribution in [1.29, 1.82) is 0 Å². The van der Waals surface area contributed by atoms with Gasteiger partial charge in [0.1, 0.15) is 23.9 Å². The van der Waals surface area contributed by atoms with Gasteiger partial charge >= 0.3 is 5.97 Å². The third-order valence-electron chi connectivity index (χ3n) is 5.20. The highest BCUT2D eigenvalue weighted by Gasteiger charge is 2.42. The highest BCUT2D eigenvalue weighted by atomic mass is 35.5. The fourth-order valence-corrected chi connectivity index (χ4v) is 5.47. The Morgan fingerprint density at radius 3 is 2.40 bits per heavy atom. The molecule has 1 amide bonds. The van der Waals surface area contributed by atoms with Gasteiger partial charge in [-0.1, -0.05) is 41.9 Å². The number of nitrogens with one attached hydrogen (secondary N) is 1. The summed E-state index contributed by atoms with van der Waals surface area (Å²) in [4.78, 5) is 25.5. The second-order valence-corrected chi connectivity index (χ2v) is 9.67. The molecule has 1 aliphatic rings. The van der Waals surface area contributed by atoms with Crippen molar-refractivity contribution >= 4 is 44.8 Å². The number of hydrogen-bond donors (Lipinski definition) is 1. The lowest BCUT2D eigenvalue weighted by atomic mass is 9.95. The largest absolute Gasteiger partial charge is 0.464 e. The van der Waals surface area contributed by atoms with E-state index >= 15 is 0 Å². The van der Waals surface area contributed by atoms with E-state index in [2.05, 4.69) is 5.32 Å². The van der Waals surface area contributed by atoms with E-state index in [1.54, 1.807) is 30.3 Å². The van der Waals surface area contributed by atoms with Crippen molar-refractivity contribution in [3.63, 3.8) is 0 Å². The van der Waals surface area contributed by atoms with Gasteiger partial charge in [-0.25, -0.2) is 26.3 Å². The van der Waals surface area contributed by atoms with Crippen LogP contribution in [0.1, 0.15) is 11.1 Å². The van der Waals surface area contributed by atoms with Gasteiger partial charge in [0.2, 0.25) is 5.91 Å². The van der Waals surface area contributed by atoms with E-state index in [0.717, 1.165) is 19.2 Å². The van der Waals surface area contributed by atoms with E-state index in [4.69, 9.17) is 16.3 Å². The highest BCUT2D eigenvalue weighted by molar-refractivity contribution is 7.89. The predicted octanol–water partition coefficient (Wildman–Crippen LogP) is 4.19. The van der Waals surface area contributed by atoms with Crippen molar-refractivity contribution < 1.29 is 31.5 Å². The third kappa shape index (κ3) is 4.62. The van der Waals surface area contributed by atoms with Gasteiger partial charge in [0.25, 0.3) is 10.0 Å². The van der Waals surface area contributed by atoms with E-state index in [1.807, 2.05) is 0 Å². The number of nitrogens with zero attached hydrogens (tertiary/aromatic N) is 1. The van der Waals surface area contributed by atoms with E-state index in [0.29, 0.717) is 15.9 Å². The predicted molar refractivity (Wildman–Crippen MR) is 125 cm³/mol. The number of hydrogen-bond acceptors (Lipinski definition) is 5. The van der Waals surface area contributed by atoms with Gasteiger partial charge in [0, 0.05) is 22.2 Å². The first kappa shape index (κ1) is 24.4. The number of halogens is 3. The van der Waals surface area contributed by atoms with E-state index in [9.17, 15) is 26.8 Å². The Balaban J connectivity index is 1.88. The maximum Gasteiger partial charge on any atom is 0.356 e. The number of amides is 1. The van der Waals surface area contributed by atoms with Crippen LogP contribution in [0.4, 0.5) is 14.5 Å². The van der Waals surface area contributed by atoms with E-state index < -0.39 is 45.8 Å². The lowest BCUT2D eigenvalue weighted by Gasteiger charge is -2.32. The Kier molecular flexibility index (Phi) is 6.60. The van der Waals surface area contributed by atoms with Crippen LogP contribution >= 0.6 is 11.6 Å². The molecular formula is C24H17ClF2N2O5S. The Bertz CT molecular complexity index is 1480. The Morgan fingerprint density at radius 1 is 1.03 bits per heavy atom. The average molecular weight is 519 g/mol. The summed E-state index contributed by atoms with van der Waals surface area (Å²) in [5, 5.41) is 2.44. The minimum atomic E-state index is -4.45. The summed E-state index contributed by atoms with van der Waals surface area (Å²) in [6.07, 6.45) is 0. The molecule has 0 bridgehead atoms. The first-order chi connectivity index (χ1) is 16.6. The summed E-state index contributed by atoms with van der Waals surface area (Å²) in [5.74, 6) is -3.88. The molecule has 0 unspecified atom stereocenters. The molecule has 0 fully saturated rings. The molecule has 0 aromatic heterocycles. The molecule has 4 rings (SSSR count). The summed E-state index contributed by atoms with van der Waals surface area (Å²) in [7, 11) is -3.37. The molecule has 35 heavy (non-hydrogen) atoms. The Morgan fingerprint density at radius 2 is 1.74 bits per heavy atom. The van der Waals surface area contributed by atoms with Gasteiger partial charge in [-0.05, 0) is 35.9 Å². The highest BCUT2D eigenvalue weighted by Crippen LogP contribution is 2.41. The SMILES string of the molecule is COC(=O)C1=C(c2ccccc2)c2cc(Cl)ccc2S(=O)(=O)N1CC(=O)Nc1ccc(F)cc1F. The quantitative estimate of drug-likeness (QED) is 0.511. The van der Waals surface area contributed by atoms with Crippen molar-refractivity contribution in [3.05, 3.63) is 100 Å². The molecule has 0 atom stereocenters. The number of methoxy groups -OCH3 is 1. The van der Waals surface area contributed by atoms with Gasteiger partial charge in [-0.15, -0.1) is 0 Å². The van der Waals surface area contributed by atoms with Crippen molar-refractivity contribution in [3.8, 4) is 0 Å². The first-order valence-corrected chi connectivity index (χ1v) is 11.9. The minimum Gasteiger partial charge on any atom is -0.464 e. The van der Waals surface area contributed by atoms with Crippen LogP contribution in [-0.2, 0) is 24.3 Å². The van der Waals surface area contributed by atoms with Gasteiger partial charge < -0.3 is 10.1 Å². The molecule has 1 heterocycles. The topological polar surface area (TPSA) is 92.8 Å². The van der Waals surface area contributed by atoms with Gasteiger partial charge in [0.05, 0.1) is 17.7 Å². The number of carbonyl (C=O) groups is 2. The van der Waals surface area contributed by atoms with Crippen LogP contribution in [0.25, 0.3) is 5.57 Å². The number of benzene rings is 3. The van der Waals surface area contributed by atoms with E-state index in [1.165, 1.54) is 18.2 Å². The van der Waals surface area contributed by atoms with Crippen LogP contribution in [-0.4, -0.2) is 38.3 Å². The van der Waals surface area contributed by atoms with E-state index in [-0.39, 0.29) is 26.7 Å². The zero-order valence-corrected chi connectivity index (χ0v) is 19.7. The second kappa shape index (κ2) is 9.47. The zero-order valence-electron chi connectivity index (χ0n) is 18.1. The molecule has 3 aromatic carbocycles. The average Bonchev–Trinajstić information content (AvgIpc) is 2.82. The zero-order chi connectivity index (χ0) is 25.3. The Labute approximate surface area is 204 Å². The molecule has 0 radical (unpaired) electrons. The van der Waals surface area contributed by atoms with Gasteiger partial charge in [0.15, 0.2) is 0 Å². The molecule has 0 aliphatic carbocycles. The summed E-state index contributed by atoms with van der Waals surface area (Å²) in [6.45, 7) is -0.887. The normalized spacial score (nSPS) is 14.3. The maximum atomic E-state index is 14.0. The fourth-order valence-electron chi connectivity index (χ4n) is 3.69. The number of anilines is 1. The lowest BCUT2D eigenvalue weighted by Crippen LogP contribution is -2.43. The number of carbonyl (C=O) groups excluding carboxylic acids is 2. The van der Waals surface area contributed by atoms with Crippen molar-refractivity contribution in [2.75, 3.05) is 19.0 Å². The monoisotopic (exact) mass is 518 g/mol. The summed E-state index contributed by atoms with van der Waals surface area (Å²) in [5.41, 5.74) is 0.0465. The molecule has 1 N–H and O–H groups in total. The Hall–Kier alpha value is -3.76. The summed E-state index contributed by atoms with van der Waals surface area (Å²) in [6, 6.07) is 15.0. The number of fused-ring (bicyclic) bond motifs is 1. The minimum absolute atomic E-state index is 0.158. The molecule has 7 nitrogen and oxygen atoms in total. The smallest absolute Gasteiger partial charge is 0.356 e. The second-order valence-electron chi connectivity index (χ2n) is 7.41. The standard InChI is InChI=1S/C24H17ClF2N2O5S/c1-34-24(31)23-22(14-5-3-2-4-6-14)17-11-15(25)7-10-20(17)35(32,33)29(23)13-21(30)28-19-9-8-16(26)12-18(19)27/h2-12H,13H2,1H3,(H,28,30). The molecule has 11 heteroatoms. The number of rotatable bonds is 5. The number of esters is 1. The van der Waals surface area contributed by atoms with Crippen LogP contribution in [0, 0.1) is 11.6 Å². The van der Waals surface area contributed by atoms with Crippen LogP contribution in [0.15, 0.2) is 77.3 Å². The molecule has 180 valence electrons. The summed E-state index contributed by atoms with van der Waals surface area (Å²) < 4.78 is 59.8. The maximum absolute atomic E-state index is 14.0. The number of sulfonamides is 1. The van der Waals surface area contributed by atoms with Crippen molar-refractivity contribution in [2.24, 2.45) is 0 Å². The molecular weight excluding hydrogens is 502 g/mol. The van der Waals surface area contributed by atoms with Crippen LogP contribution in [0.2, 0.25) is 5.02 Å². The molecule has 0 saturated heterocycles. The van der Waals surface area contributed by atoms with Gasteiger partial charge in [-0.2, -0.15) is 0 Å². The van der Waals surface area contributed by atoms with Crippen molar-refractivity contribution in [2.45, 2.75) is 4.90 Å². The van der Waals surface area contributed by atoms with Crippen LogP contribution < -0.4 is 5.32 Å². The fraction of sp³-hybridized carbons (Fsp3) is 0.0833. The third-order valence-corrected chi connectivity index (χ3v) is 7.24. The molecule has 1 aliphatic heterocycles. The molecule has 0 spiro atoms. The molecule has 3 aromatic rings. The number of ether oxygens (including phenoxy) is 1. The summed E-state index contributed by atoms with van der Waals surface area (Å²) >= 11 is 6.15. The molecule has 0 saturated carbocycles. The first-order valence-electron chi connectivity index (χ1n) is 10.1. The lowest BCUT2D eigenvalue weighted by molar-refractivity contribution is -0.137. The van der Waals surface area contributed by atoms with Crippen LogP contribution in [0.5, 0.6) is 0 Å². The van der Waals surface area contributed by atoms with Gasteiger partial charge in [-0.3, -0.25) is 4.79 Å². The van der Waals surface area contributed by atoms with Crippen LogP contribution in [0.3, 0.4) is 0 Å². The van der Waals surface area contributed by atoms with Crippen molar-refractivity contribution in [1.82, 2.24) is 4.31 Å².